The lowest BCUT2D eigenvalue weighted by Crippen LogP contribution is -2.38. The van der Waals surface area contributed by atoms with Crippen LogP contribution in [0.5, 0.6) is 0 Å². The molecule has 3 rings (SSSR count). The number of carbonyl (C=O) groups is 1. The quantitative estimate of drug-likeness (QED) is 0.713. The van der Waals surface area contributed by atoms with E-state index in [1.165, 1.54) is 25.9 Å². The Morgan fingerprint density at radius 1 is 1.22 bits per heavy atom. The Morgan fingerprint density at radius 3 is 2.70 bits per heavy atom. The SMILES string of the molecule is CC1CCN(CCCNC(=O)NCc2cnn(-c3ccc(Cl)cc3)c2)CC1. The molecule has 0 saturated carbocycles. The van der Waals surface area contributed by atoms with E-state index in [0.29, 0.717) is 18.1 Å². The van der Waals surface area contributed by atoms with Gasteiger partial charge in [0.25, 0.3) is 0 Å². The summed E-state index contributed by atoms with van der Waals surface area (Å²) in [6.45, 7) is 6.89. The number of likely N-dealkylation sites (tertiary alicyclic amines) is 1. The molecule has 7 heteroatoms. The van der Waals surface area contributed by atoms with Gasteiger partial charge in [0.15, 0.2) is 0 Å². The van der Waals surface area contributed by atoms with E-state index in [9.17, 15) is 4.79 Å². The molecule has 1 fully saturated rings. The van der Waals surface area contributed by atoms with E-state index in [0.717, 1.165) is 30.1 Å². The van der Waals surface area contributed by atoms with Crippen LogP contribution in [-0.4, -0.2) is 46.9 Å². The minimum absolute atomic E-state index is 0.137. The van der Waals surface area contributed by atoms with Crippen LogP contribution >= 0.6 is 11.6 Å². The first-order valence-corrected chi connectivity index (χ1v) is 10.0. The Labute approximate surface area is 165 Å². The van der Waals surface area contributed by atoms with Crippen molar-refractivity contribution < 1.29 is 4.79 Å². The van der Waals surface area contributed by atoms with Gasteiger partial charge >= 0.3 is 6.03 Å². The number of halogens is 1. The van der Waals surface area contributed by atoms with Crippen molar-refractivity contribution in [3.63, 3.8) is 0 Å². The summed E-state index contributed by atoms with van der Waals surface area (Å²) in [5, 5.41) is 10.8. The molecule has 2 aromatic rings. The number of piperidine rings is 1. The first-order valence-electron chi connectivity index (χ1n) is 9.64. The number of benzene rings is 1. The predicted octanol–water partition coefficient (Wildman–Crippen LogP) is 3.45. The normalized spacial score (nSPS) is 15.6. The Morgan fingerprint density at radius 2 is 1.96 bits per heavy atom. The molecule has 1 saturated heterocycles. The molecule has 2 N–H and O–H groups in total. The molecule has 146 valence electrons. The van der Waals surface area contributed by atoms with Crippen molar-refractivity contribution in [1.29, 1.82) is 0 Å². The zero-order chi connectivity index (χ0) is 19.1. The second kappa shape index (κ2) is 9.76. The van der Waals surface area contributed by atoms with Crippen LogP contribution in [-0.2, 0) is 6.54 Å². The average molecular weight is 390 g/mol. The number of aromatic nitrogens is 2. The number of urea groups is 1. The smallest absolute Gasteiger partial charge is 0.315 e. The fraction of sp³-hybridized carbons (Fsp3) is 0.500. The van der Waals surface area contributed by atoms with E-state index in [4.69, 9.17) is 11.6 Å². The third-order valence-corrected chi connectivity index (χ3v) is 5.25. The summed E-state index contributed by atoms with van der Waals surface area (Å²) in [5.74, 6) is 0.856. The standard InChI is InChI=1S/C20H28ClN5O/c1-16-7-11-25(12-8-16)10-2-9-22-20(27)23-13-17-14-24-26(15-17)19-5-3-18(21)4-6-19/h3-6,14-16H,2,7-13H2,1H3,(H2,22,23,27). The van der Waals surface area contributed by atoms with Crippen molar-refractivity contribution in [3.8, 4) is 5.69 Å². The van der Waals surface area contributed by atoms with E-state index in [1.807, 2.05) is 30.5 Å². The van der Waals surface area contributed by atoms with Crippen molar-refractivity contribution in [3.05, 3.63) is 47.2 Å². The molecule has 2 amide bonds. The van der Waals surface area contributed by atoms with Crippen molar-refractivity contribution in [2.24, 2.45) is 5.92 Å². The second-order valence-electron chi connectivity index (χ2n) is 7.26. The van der Waals surface area contributed by atoms with Gasteiger partial charge < -0.3 is 15.5 Å². The number of amides is 2. The molecule has 0 radical (unpaired) electrons. The second-order valence-corrected chi connectivity index (χ2v) is 7.69. The summed E-state index contributed by atoms with van der Waals surface area (Å²) in [6.07, 6.45) is 7.22. The molecule has 1 aliphatic rings. The molecular formula is C20H28ClN5O. The molecule has 0 unspecified atom stereocenters. The van der Waals surface area contributed by atoms with Gasteiger partial charge in [0.2, 0.25) is 0 Å². The molecule has 1 aromatic heterocycles. The number of hydrogen-bond donors (Lipinski definition) is 2. The summed E-state index contributed by atoms with van der Waals surface area (Å²) in [4.78, 5) is 14.4. The molecule has 0 bridgehead atoms. The maximum Gasteiger partial charge on any atom is 0.315 e. The summed E-state index contributed by atoms with van der Waals surface area (Å²) in [7, 11) is 0. The van der Waals surface area contributed by atoms with Crippen LogP contribution in [0.25, 0.3) is 5.69 Å². The molecule has 6 nitrogen and oxygen atoms in total. The van der Waals surface area contributed by atoms with Gasteiger partial charge in [-0.25, -0.2) is 9.48 Å². The molecular weight excluding hydrogens is 362 g/mol. The summed E-state index contributed by atoms with van der Waals surface area (Å²) in [5.41, 5.74) is 1.88. The summed E-state index contributed by atoms with van der Waals surface area (Å²) in [6, 6.07) is 7.33. The lowest BCUT2D eigenvalue weighted by molar-refractivity contribution is 0.190. The van der Waals surface area contributed by atoms with Gasteiger partial charge in [-0.05, 0) is 69.1 Å². The Hall–Kier alpha value is -2.05. The maximum absolute atomic E-state index is 11.9. The molecule has 0 spiro atoms. The summed E-state index contributed by atoms with van der Waals surface area (Å²) >= 11 is 5.90. The number of nitrogens with one attached hydrogen (secondary N) is 2. The van der Waals surface area contributed by atoms with Gasteiger partial charge in [-0.3, -0.25) is 0 Å². The van der Waals surface area contributed by atoms with Crippen LogP contribution in [0.2, 0.25) is 5.02 Å². The van der Waals surface area contributed by atoms with Crippen LogP contribution in [0.1, 0.15) is 31.7 Å². The monoisotopic (exact) mass is 389 g/mol. The van der Waals surface area contributed by atoms with Gasteiger partial charge in [0.05, 0.1) is 11.9 Å². The molecule has 1 aromatic carbocycles. The molecule has 2 heterocycles. The number of rotatable bonds is 7. The largest absolute Gasteiger partial charge is 0.338 e. The van der Waals surface area contributed by atoms with E-state index < -0.39 is 0 Å². The minimum atomic E-state index is -0.137. The minimum Gasteiger partial charge on any atom is -0.338 e. The lowest BCUT2D eigenvalue weighted by atomic mass is 9.99. The third kappa shape index (κ3) is 6.26. The zero-order valence-electron chi connectivity index (χ0n) is 15.8. The topological polar surface area (TPSA) is 62.2 Å². The van der Waals surface area contributed by atoms with Crippen molar-refractivity contribution in [2.45, 2.75) is 32.7 Å². The van der Waals surface area contributed by atoms with Crippen LogP contribution in [0, 0.1) is 5.92 Å². The van der Waals surface area contributed by atoms with Crippen LogP contribution in [0.15, 0.2) is 36.7 Å². The molecule has 27 heavy (non-hydrogen) atoms. The van der Waals surface area contributed by atoms with Crippen molar-refractivity contribution >= 4 is 17.6 Å². The van der Waals surface area contributed by atoms with E-state index >= 15 is 0 Å². The highest BCUT2D eigenvalue weighted by Crippen LogP contribution is 2.16. The lowest BCUT2D eigenvalue weighted by Gasteiger charge is -2.30. The highest BCUT2D eigenvalue weighted by molar-refractivity contribution is 6.30. The van der Waals surface area contributed by atoms with Crippen LogP contribution < -0.4 is 10.6 Å². The van der Waals surface area contributed by atoms with E-state index in [1.54, 1.807) is 10.9 Å². The van der Waals surface area contributed by atoms with Gasteiger partial charge in [-0.2, -0.15) is 5.10 Å². The fourth-order valence-electron chi connectivity index (χ4n) is 3.22. The highest BCUT2D eigenvalue weighted by atomic mass is 35.5. The fourth-order valence-corrected chi connectivity index (χ4v) is 3.35. The average Bonchev–Trinajstić information content (AvgIpc) is 3.14. The number of hydrogen-bond acceptors (Lipinski definition) is 3. The predicted molar refractivity (Wildman–Crippen MR) is 108 cm³/mol. The van der Waals surface area contributed by atoms with E-state index in [-0.39, 0.29) is 6.03 Å². The highest BCUT2D eigenvalue weighted by Gasteiger charge is 2.14. The number of carbonyl (C=O) groups excluding carboxylic acids is 1. The van der Waals surface area contributed by atoms with E-state index in [2.05, 4.69) is 27.6 Å². The van der Waals surface area contributed by atoms with Crippen LogP contribution in [0.4, 0.5) is 4.79 Å². The van der Waals surface area contributed by atoms with Gasteiger partial charge in [0, 0.05) is 29.9 Å². The Bertz CT molecular complexity index is 722. The molecule has 1 aliphatic heterocycles. The van der Waals surface area contributed by atoms with Crippen LogP contribution in [0.3, 0.4) is 0 Å². The van der Waals surface area contributed by atoms with Gasteiger partial charge in [-0.1, -0.05) is 18.5 Å². The van der Waals surface area contributed by atoms with Gasteiger partial charge in [0.1, 0.15) is 0 Å². The van der Waals surface area contributed by atoms with Crippen molar-refractivity contribution in [1.82, 2.24) is 25.3 Å². The van der Waals surface area contributed by atoms with Crippen molar-refractivity contribution in [2.75, 3.05) is 26.2 Å². The molecule has 0 atom stereocenters. The first-order chi connectivity index (χ1) is 13.1. The summed E-state index contributed by atoms with van der Waals surface area (Å²) < 4.78 is 1.77. The number of nitrogens with zero attached hydrogens (tertiary/aromatic N) is 3. The zero-order valence-corrected chi connectivity index (χ0v) is 16.6. The Balaban J connectivity index is 1.33. The Kier molecular flexibility index (Phi) is 7.12. The third-order valence-electron chi connectivity index (χ3n) is 4.99. The van der Waals surface area contributed by atoms with Gasteiger partial charge in [-0.15, -0.1) is 0 Å². The molecule has 0 aliphatic carbocycles. The first kappa shape index (κ1) is 19.7. The maximum atomic E-state index is 11.9.